The lowest BCUT2D eigenvalue weighted by Gasteiger charge is -2.25. The summed E-state index contributed by atoms with van der Waals surface area (Å²) in [6.07, 6.45) is 2.00. The molecule has 3 N–H and O–H groups in total. The first-order valence-corrected chi connectivity index (χ1v) is 7.53. The molecule has 1 unspecified atom stereocenters. The first-order chi connectivity index (χ1) is 10.0. The van der Waals surface area contributed by atoms with Gasteiger partial charge in [-0.3, -0.25) is 9.69 Å². The zero-order chi connectivity index (χ0) is 15.5. The molecule has 1 heterocycles. The van der Waals surface area contributed by atoms with Gasteiger partial charge in [-0.2, -0.15) is 0 Å². The maximum atomic E-state index is 12.7. The minimum Gasteiger partial charge on any atom is -0.330 e. The molecule has 6 heteroatoms. The maximum Gasteiger partial charge on any atom is 0.325 e. The number of hydrogen-bond acceptors (Lipinski definition) is 3. The van der Waals surface area contributed by atoms with E-state index in [4.69, 9.17) is 17.3 Å². The van der Waals surface area contributed by atoms with Gasteiger partial charge < -0.3 is 11.1 Å². The monoisotopic (exact) mass is 309 g/mol. The Kier molecular flexibility index (Phi) is 4.85. The average Bonchev–Trinajstić information content (AvgIpc) is 2.73. The second-order valence-corrected chi connectivity index (χ2v) is 5.58. The van der Waals surface area contributed by atoms with Crippen LogP contribution in [0.2, 0.25) is 5.02 Å². The molecule has 1 aromatic carbocycles. The number of urea groups is 1. The molecule has 3 amide bonds. The quantitative estimate of drug-likeness (QED) is 0.625. The highest BCUT2D eigenvalue weighted by molar-refractivity contribution is 6.30. The van der Waals surface area contributed by atoms with E-state index in [-0.39, 0.29) is 11.9 Å². The molecule has 0 bridgehead atoms. The molecule has 21 heavy (non-hydrogen) atoms. The average molecular weight is 310 g/mol. The van der Waals surface area contributed by atoms with Crippen molar-refractivity contribution in [2.45, 2.75) is 31.7 Å². The normalized spacial score (nSPS) is 21.8. The molecular weight excluding hydrogens is 290 g/mol. The molecule has 0 spiro atoms. The Labute approximate surface area is 129 Å². The number of nitrogens with zero attached hydrogens (tertiary/aromatic N) is 1. The van der Waals surface area contributed by atoms with Gasteiger partial charge >= 0.3 is 6.03 Å². The molecule has 1 aliphatic heterocycles. The maximum absolute atomic E-state index is 12.7. The van der Waals surface area contributed by atoms with Gasteiger partial charge in [0.1, 0.15) is 5.54 Å². The third-order valence-electron chi connectivity index (χ3n) is 3.88. The van der Waals surface area contributed by atoms with E-state index in [1.54, 1.807) is 24.3 Å². The molecule has 0 aliphatic carbocycles. The molecule has 1 atom stereocenters. The van der Waals surface area contributed by atoms with Crippen LogP contribution in [-0.2, 0) is 10.3 Å². The van der Waals surface area contributed by atoms with E-state index in [0.29, 0.717) is 24.5 Å². The fraction of sp³-hybridized carbons (Fsp3) is 0.467. The molecule has 0 radical (unpaired) electrons. The van der Waals surface area contributed by atoms with E-state index in [9.17, 15) is 9.59 Å². The summed E-state index contributed by atoms with van der Waals surface area (Å²) in [5.74, 6) is -0.200. The van der Waals surface area contributed by atoms with Crippen molar-refractivity contribution in [2.24, 2.45) is 5.73 Å². The lowest BCUT2D eigenvalue weighted by atomic mass is 9.87. The smallest absolute Gasteiger partial charge is 0.325 e. The van der Waals surface area contributed by atoms with Crippen LogP contribution < -0.4 is 11.1 Å². The van der Waals surface area contributed by atoms with Crippen LogP contribution in [0.1, 0.15) is 31.7 Å². The van der Waals surface area contributed by atoms with E-state index in [2.05, 4.69) is 5.32 Å². The van der Waals surface area contributed by atoms with Crippen molar-refractivity contribution in [1.82, 2.24) is 10.2 Å². The second-order valence-electron chi connectivity index (χ2n) is 5.15. The summed E-state index contributed by atoms with van der Waals surface area (Å²) >= 11 is 5.89. The van der Waals surface area contributed by atoms with Crippen LogP contribution in [0.3, 0.4) is 0 Å². The Balaban J connectivity index is 2.26. The van der Waals surface area contributed by atoms with Gasteiger partial charge in [0, 0.05) is 11.6 Å². The number of nitrogens with two attached hydrogens (primary N) is 1. The molecule has 1 aromatic rings. The number of benzene rings is 1. The first-order valence-electron chi connectivity index (χ1n) is 7.15. The van der Waals surface area contributed by atoms with Gasteiger partial charge in [-0.25, -0.2) is 4.79 Å². The number of unbranched alkanes of at least 4 members (excludes halogenated alkanes) is 1. The van der Waals surface area contributed by atoms with E-state index >= 15 is 0 Å². The number of halogens is 1. The van der Waals surface area contributed by atoms with Gasteiger partial charge in [0.25, 0.3) is 5.91 Å². The van der Waals surface area contributed by atoms with Gasteiger partial charge in [0.15, 0.2) is 0 Å². The first kappa shape index (κ1) is 15.8. The summed E-state index contributed by atoms with van der Waals surface area (Å²) in [5.41, 5.74) is 5.23. The number of carbonyl (C=O) groups is 2. The largest absolute Gasteiger partial charge is 0.330 e. The summed E-state index contributed by atoms with van der Waals surface area (Å²) in [7, 11) is 0. The van der Waals surface area contributed by atoms with Crippen LogP contribution in [0.15, 0.2) is 24.3 Å². The molecule has 1 aliphatic rings. The molecule has 5 nitrogen and oxygen atoms in total. The topological polar surface area (TPSA) is 75.4 Å². The Morgan fingerprint density at radius 2 is 1.90 bits per heavy atom. The summed E-state index contributed by atoms with van der Waals surface area (Å²) in [6, 6.07) is 6.69. The Morgan fingerprint density at radius 3 is 2.48 bits per heavy atom. The molecule has 114 valence electrons. The minimum atomic E-state index is -0.982. The number of rotatable bonds is 6. The third-order valence-corrected chi connectivity index (χ3v) is 4.13. The predicted octanol–water partition coefficient (Wildman–Crippen LogP) is 2.24. The van der Waals surface area contributed by atoms with Crippen LogP contribution in [-0.4, -0.2) is 29.9 Å². The van der Waals surface area contributed by atoms with Crippen LogP contribution in [0.5, 0.6) is 0 Å². The third kappa shape index (κ3) is 2.89. The zero-order valence-corrected chi connectivity index (χ0v) is 12.8. The lowest BCUT2D eigenvalue weighted by Crippen LogP contribution is -2.43. The van der Waals surface area contributed by atoms with Crippen LogP contribution in [0.25, 0.3) is 0 Å². The van der Waals surface area contributed by atoms with E-state index in [1.165, 1.54) is 4.90 Å². The lowest BCUT2D eigenvalue weighted by molar-refractivity contribution is -0.131. The molecule has 1 saturated heterocycles. The van der Waals surface area contributed by atoms with Gasteiger partial charge in [0.05, 0.1) is 0 Å². The van der Waals surface area contributed by atoms with Crippen molar-refractivity contribution in [3.05, 3.63) is 34.9 Å². The van der Waals surface area contributed by atoms with E-state index in [0.717, 1.165) is 18.4 Å². The van der Waals surface area contributed by atoms with Crippen molar-refractivity contribution in [3.8, 4) is 0 Å². The van der Waals surface area contributed by atoms with Gasteiger partial charge in [0.2, 0.25) is 0 Å². The Hall–Kier alpha value is -1.59. The fourth-order valence-corrected chi connectivity index (χ4v) is 2.74. The Morgan fingerprint density at radius 1 is 1.24 bits per heavy atom. The fourth-order valence-electron chi connectivity index (χ4n) is 2.62. The van der Waals surface area contributed by atoms with Crippen LogP contribution in [0.4, 0.5) is 4.79 Å². The minimum absolute atomic E-state index is 0.200. The summed E-state index contributed by atoms with van der Waals surface area (Å²) in [5, 5.41) is 3.44. The standard InChI is InChI=1S/C15H20ClN3O2/c1-2-15(11-5-7-12(16)8-6-11)13(20)19(14(21)18-15)10-4-3-9-17/h5-8H,2-4,9-10,17H2,1H3,(H,18,21). The van der Waals surface area contributed by atoms with Crippen LogP contribution in [0, 0.1) is 0 Å². The number of imide groups is 1. The zero-order valence-electron chi connectivity index (χ0n) is 12.1. The summed E-state index contributed by atoms with van der Waals surface area (Å²) in [6.45, 7) is 2.84. The molecule has 0 aromatic heterocycles. The van der Waals surface area contributed by atoms with E-state index in [1.807, 2.05) is 6.92 Å². The number of hydrogen-bond donors (Lipinski definition) is 2. The highest BCUT2D eigenvalue weighted by Crippen LogP contribution is 2.33. The van der Waals surface area contributed by atoms with Crippen molar-refractivity contribution in [2.75, 3.05) is 13.1 Å². The molecular formula is C15H20ClN3O2. The van der Waals surface area contributed by atoms with Gasteiger partial charge in [-0.05, 0) is 43.5 Å². The predicted molar refractivity (Wildman–Crippen MR) is 82.0 cm³/mol. The van der Waals surface area contributed by atoms with Crippen LogP contribution >= 0.6 is 11.6 Å². The SMILES string of the molecule is CCC1(c2ccc(Cl)cc2)NC(=O)N(CCCCN)C1=O. The van der Waals surface area contributed by atoms with Crippen molar-refractivity contribution in [1.29, 1.82) is 0 Å². The number of carbonyl (C=O) groups excluding carboxylic acids is 2. The Bertz CT molecular complexity index is 532. The molecule has 0 saturated carbocycles. The molecule has 2 rings (SSSR count). The highest BCUT2D eigenvalue weighted by atomic mass is 35.5. The van der Waals surface area contributed by atoms with Crippen molar-refractivity contribution >= 4 is 23.5 Å². The number of amides is 3. The summed E-state index contributed by atoms with van der Waals surface area (Å²) in [4.78, 5) is 26.1. The highest BCUT2D eigenvalue weighted by Gasteiger charge is 2.50. The van der Waals surface area contributed by atoms with E-state index < -0.39 is 5.54 Å². The molecule has 1 fully saturated rings. The van der Waals surface area contributed by atoms with Crippen molar-refractivity contribution in [3.63, 3.8) is 0 Å². The summed E-state index contributed by atoms with van der Waals surface area (Å²) < 4.78 is 0. The van der Waals surface area contributed by atoms with Gasteiger partial charge in [-0.1, -0.05) is 30.7 Å². The number of nitrogens with one attached hydrogen (secondary N) is 1. The van der Waals surface area contributed by atoms with Crippen molar-refractivity contribution < 1.29 is 9.59 Å². The van der Waals surface area contributed by atoms with Gasteiger partial charge in [-0.15, -0.1) is 0 Å². The second kappa shape index (κ2) is 6.45.